The van der Waals surface area contributed by atoms with Gasteiger partial charge < -0.3 is 9.73 Å². The summed E-state index contributed by atoms with van der Waals surface area (Å²) in [5.74, 6) is 0.524. The Morgan fingerprint density at radius 2 is 1.96 bits per heavy atom. The molecule has 0 aliphatic carbocycles. The van der Waals surface area contributed by atoms with E-state index in [1.165, 1.54) is 11.8 Å². The van der Waals surface area contributed by atoms with Gasteiger partial charge in [-0.3, -0.25) is 9.78 Å². The second kappa shape index (κ2) is 8.07. The molecule has 0 unspecified atom stereocenters. The number of nitrogens with zero attached hydrogens (tertiary/aromatic N) is 3. The molecule has 0 bridgehead atoms. The first kappa shape index (κ1) is 16.7. The Morgan fingerprint density at radius 3 is 2.75 bits per heavy atom. The number of halogens is 1. The smallest absolute Gasteiger partial charge is 0.277 e. The van der Waals surface area contributed by atoms with Gasteiger partial charge in [0, 0.05) is 29.0 Å². The van der Waals surface area contributed by atoms with Crippen molar-refractivity contribution in [3.63, 3.8) is 0 Å². The van der Waals surface area contributed by atoms with Gasteiger partial charge >= 0.3 is 0 Å². The van der Waals surface area contributed by atoms with Crippen LogP contribution in [-0.2, 0) is 11.3 Å². The van der Waals surface area contributed by atoms with Crippen molar-refractivity contribution in [1.82, 2.24) is 20.5 Å². The monoisotopic (exact) mass is 404 g/mol. The maximum absolute atomic E-state index is 11.9. The SMILES string of the molecule is O=C(CSc1nnc(-c2ccncc2)o1)NCc1ccccc1Br. The molecule has 0 saturated heterocycles. The summed E-state index contributed by atoms with van der Waals surface area (Å²) in [5, 5.41) is 11.1. The third-order valence-electron chi connectivity index (χ3n) is 3.09. The van der Waals surface area contributed by atoms with Gasteiger partial charge in [0.1, 0.15) is 0 Å². The number of carbonyl (C=O) groups excluding carboxylic acids is 1. The molecule has 0 fully saturated rings. The molecular formula is C16H13BrN4O2S. The number of carbonyl (C=O) groups is 1. The summed E-state index contributed by atoms with van der Waals surface area (Å²) in [7, 11) is 0. The first-order chi connectivity index (χ1) is 11.7. The van der Waals surface area contributed by atoms with Crippen LogP contribution < -0.4 is 5.32 Å². The zero-order chi connectivity index (χ0) is 16.8. The summed E-state index contributed by atoms with van der Waals surface area (Å²) in [6.07, 6.45) is 3.31. The maximum Gasteiger partial charge on any atom is 0.277 e. The molecule has 0 aliphatic heterocycles. The molecule has 1 amide bonds. The molecule has 1 N–H and O–H groups in total. The molecule has 2 aromatic heterocycles. The van der Waals surface area contributed by atoms with Gasteiger partial charge in [0.05, 0.1) is 5.75 Å². The number of benzene rings is 1. The summed E-state index contributed by atoms with van der Waals surface area (Å²) in [5.41, 5.74) is 1.82. The van der Waals surface area contributed by atoms with Crippen LogP contribution in [0.5, 0.6) is 0 Å². The summed E-state index contributed by atoms with van der Waals surface area (Å²) >= 11 is 4.66. The van der Waals surface area contributed by atoms with Crippen LogP contribution in [0.3, 0.4) is 0 Å². The van der Waals surface area contributed by atoms with E-state index in [0.717, 1.165) is 15.6 Å². The van der Waals surface area contributed by atoms with E-state index >= 15 is 0 Å². The molecule has 122 valence electrons. The minimum atomic E-state index is -0.0978. The molecule has 0 radical (unpaired) electrons. The third-order valence-corrected chi connectivity index (χ3v) is 4.69. The predicted molar refractivity (Wildman–Crippen MR) is 94.2 cm³/mol. The summed E-state index contributed by atoms with van der Waals surface area (Å²) in [6.45, 7) is 0.465. The molecule has 8 heteroatoms. The van der Waals surface area contributed by atoms with Crippen molar-refractivity contribution in [1.29, 1.82) is 0 Å². The fourth-order valence-corrected chi connectivity index (χ4v) is 2.91. The topological polar surface area (TPSA) is 80.9 Å². The highest BCUT2D eigenvalue weighted by Gasteiger charge is 2.11. The number of hydrogen-bond acceptors (Lipinski definition) is 6. The van der Waals surface area contributed by atoms with Crippen LogP contribution in [0.15, 0.2) is 62.9 Å². The van der Waals surface area contributed by atoms with E-state index in [-0.39, 0.29) is 11.7 Å². The van der Waals surface area contributed by atoms with E-state index in [9.17, 15) is 4.79 Å². The second-order valence-corrected chi connectivity index (χ2v) is 6.55. The Kier molecular flexibility index (Phi) is 5.60. The molecule has 3 aromatic rings. The number of thioether (sulfide) groups is 1. The van der Waals surface area contributed by atoms with Crippen molar-refractivity contribution >= 4 is 33.6 Å². The number of hydrogen-bond donors (Lipinski definition) is 1. The van der Waals surface area contributed by atoms with E-state index in [0.29, 0.717) is 17.7 Å². The first-order valence-corrected chi connectivity index (χ1v) is 8.87. The highest BCUT2D eigenvalue weighted by molar-refractivity contribution is 9.10. The standard InChI is InChI=1S/C16H13BrN4O2S/c17-13-4-2-1-3-12(13)9-19-14(22)10-24-16-21-20-15(23-16)11-5-7-18-8-6-11/h1-8H,9-10H2,(H,19,22). The fraction of sp³-hybridized carbons (Fsp3) is 0.125. The van der Waals surface area contributed by atoms with Crippen molar-refractivity contribution in [3.8, 4) is 11.5 Å². The summed E-state index contributed by atoms with van der Waals surface area (Å²) in [6, 6.07) is 11.3. The first-order valence-electron chi connectivity index (χ1n) is 7.09. The Morgan fingerprint density at radius 1 is 1.17 bits per heavy atom. The quantitative estimate of drug-likeness (QED) is 0.634. The molecule has 0 aliphatic rings. The predicted octanol–water partition coefficient (Wildman–Crippen LogP) is 3.30. The molecule has 3 rings (SSSR count). The Bertz CT molecular complexity index is 826. The Labute approximate surface area is 151 Å². The summed E-state index contributed by atoms with van der Waals surface area (Å²) < 4.78 is 6.50. The zero-order valence-electron chi connectivity index (χ0n) is 12.5. The van der Waals surface area contributed by atoms with Crippen molar-refractivity contribution in [3.05, 3.63) is 58.8 Å². The Balaban J connectivity index is 1.50. The average molecular weight is 405 g/mol. The lowest BCUT2D eigenvalue weighted by Gasteiger charge is -2.06. The van der Waals surface area contributed by atoms with E-state index in [4.69, 9.17) is 4.42 Å². The van der Waals surface area contributed by atoms with Crippen molar-refractivity contribution < 1.29 is 9.21 Å². The van der Waals surface area contributed by atoms with Crippen LogP contribution in [0.1, 0.15) is 5.56 Å². The lowest BCUT2D eigenvalue weighted by molar-refractivity contribution is -0.118. The largest absolute Gasteiger partial charge is 0.411 e. The average Bonchev–Trinajstić information content (AvgIpc) is 3.09. The van der Waals surface area contributed by atoms with Crippen molar-refractivity contribution in [2.75, 3.05) is 5.75 Å². The molecule has 6 nitrogen and oxygen atoms in total. The van der Waals surface area contributed by atoms with Crippen LogP contribution in [-0.4, -0.2) is 26.8 Å². The lowest BCUT2D eigenvalue weighted by Crippen LogP contribution is -2.24. The molecule has 0 atom stereocenters. The van der Waals surface area contributed by atoms with E-state index in [2.05, 4.69) is 36.4 Å². The van der Waals surface area contributed by atoms with Gasteiger partial charge in [-0.2, -0.15) is 0 Å². The minimum absolute atomic E-state index is 0.0978. The van der Waals surface area contributed by atoms with Gasteiger partial charge in [-0.05, 0) is 23.8 Å². The Hall–Kier alpha value is -2.19. The van der Waals surface area contributed by atoms with E-state index < -0.39 is 0 Å². The highest BCUT2D eigenvalue weighted by Crippen LogP contribution is 2.22. The van der Waals surface area contributed by atoms with Crippen molar-refractivity contribution in [2.24, 2.45) is 0 Å². The van der Waals surface area contributed by atoms with Gasteiger partial charge in [0.15, 0.2) is 0 Å². The molecule has 0 saturated carbocycles. The van der Waals surface area contributed by atoms with Gasteiger partial charge in [-0.15, -0.1) is 10.2 Å². The van der Waals surface area contributed by atoms with Crippen LogP contribution >= 0.6 is 27.7 Å². The number of pyridine rings is 1. The van der Waals surface area contributed by atoms with Crippen LogP contribution in [0.2, 0.25) is 0 Å². The van der Waals surface area contributed by atoms with Gasteiger partial charge in [-0.1, -0.05) is 45.9 Å². The van der Waals surface area contributed by atoms with Crippen LogP contribution in [0.4, 0.5) is 0 Å². The van der Waals surface area contributed by atoms with Crippen molar-refractivity contribution in [2.45, 2.75) is 11.8 Å². The van der Waals surface area contributed by atoms with Gasteiger partial charge in [0.25, 0.3) is 5.22 Å². The number of amides is 1. The minimum Gasteiger partial charge on any atom is -0.411 e. The normalized spacial score (nSPS) is 10.5. The highest BCUT2D eigenvalue weighted by atomic mass is 79.9. The third kappa shape index (κ3) is 4.42. The van der Waals surface area contributed by atoms with Crippen LogP contribution in [0.25, 0.3) is 11.5 Å². The van der Waals surface area contributed by atoms with Crippen LogP contribution in [0, 0.1) is 0 Å². The van der Waals surface area contributed by atoms with Gasteiger partial charge in [-0.25, -0.2) is 0 Å². The van der Waals surface area contributed by atoms with Gasteiger partial charge in [0.2, 0.25) is 11.8 Å². The molecule has 24 heavy (non-hydrogen) atoms. The maximum atomic E-state index is 11.9. The molecular weight excluding hydrogens is 392 g/mol. The lowest BCUT2D eigenvalue weighted by atomic mass is 10.2. The summed E-state index contributed by atoms with van der Waals surface area (Å²) in [4.78, 5) is 15.9. The number of nitrogens with one attached hydrogen (secondary N) is 1. The second-order valence-electron chi connectivity index (χ2n) is 4.77. The number of rotatable bonds is 6. The molecule has 2 heterocycles. The zero-order valence-corrected chi connectivity index (χ0v) is 14.9. The molecule has 1 aromatic carbocycles. The fourth-order valence-electron chi connectivity index (χ4n) is 1.89. The van der Waals surface area contributed by atoms with E-state index in [1.807, 2.05) is 24.3 Å². The van der Waals surface area contributed by atoms with E-state index in [1.54, 1.807) is 24.5 Å². The molecule has 0 spiro atoms. The number of aromatic nitrogens is 3.